The molecule has 1 aliphatic rings. The largest absolute Gasteiger partial charge is 0.410 e. The fraction of sp³-hybridized carbons (Fsp3) is 0.800. The molecule has 1 aliphatic carbocycles. The molecule has 0 aromatic rings. The summed E-state index contributed by atoms with van der Waals surface area (Å²) in [5.74, 6) is 2.79. The van der Waals surface area contributed by atoms with Gasteiger partial charge in [-0.1, -0.05) is 47.6 Å². The summed E-state index contributed by atoms with van der Waals surface area (Å²) in [5.41, 5.74) is -0.376. The van der Waals surface area contributed by atoms with Gasteiger partial charge in [-0.3, -0.25) is 0 Å². The maximum absolute atomic E-state index is 9.56. The molecule has 0 N–H and O–H groups in total. The second kappa shape index (κ2) is 9.93. The van der Waals surface area contributed by atoms with Crippen LogP contribution in [0.2, 0.25) is 36.3 Å². The molecular formula is C25H45NO3Si2. The van der Waals surface area contributed by atoms with Gasteiger partial charge in [0.1, 0.15) is 6.10 Å². The molecule has 1 rings (SSSR count). The molecule has 31 heavy (non-hydrogen) atoms. The van der Waals surface area contributed by atoms with E-state index in [1.54, 1.807) is 0 Å². The standard InChI is InChI=1S/C25H45NO3Si2/c1-13-15-21(29-31(11,12)24(6,7)8)22(27-19-25(18-26)16-17-25)20(14-2)28-30(9,10)23(3,4)5/h1,14,20-22H,2,15-17,19H2,3-12H3/t20-,21-,22-/m1/s1. The van der Waals surface area contributed by atoms with Crippen LogP contribution in [0.5, 0.6) is 0 Å². The SMILES string of the molecule is C#CC[C@@H](O[Si](C)(C)C(C)(C)C)[C@H](OCC1(C#N)CC1)[C@@H](C=C)O[Si](C)(C)C(C)(C)C. The first-order valence-electron chi connectivity index (χ1n) is 11.4. The van der Waals surface area contributed by atoms with Gasteiger partial charge in [-0.05, 0) is 49.1 Å². The lowest BCUT2D eigenvalue weighted by molar-refractivity contribution is -0.0828. The summed E-state index contributed by atoms with van der Waals surface area (Å²) in [6, 6.07) is 2.43. The van der Waals surface area contributed by atoms with Gasteiger partial charge in [0.05, 0.1) is 30.3 Å². The summed E-state index contributed by atoms with van der Waals surface area (Å²) in [4.78, 5) is 0. The molecule has 0 aromatic carbocycles. The van der Waals surface area contributed by atoms with Crippen LogP contribution in [-0.4, -0.2) is 41.6 Å². The van der Waals surface area contributed by atoms with Gasteiger partial charge in [0, 0.05) is 6.42 Å². The third-order valence-corrected chi connectivity index (χ3v) is 16.4. The second-order valence-corrected chi connectivity index (χ2v) is 21.6. The van der Waals surface area contributed by atoms with Crippen LogP contribution >= 0.6 is 0 Å². The first-order chi connectivity index (χ1) is 14.0. The lowest BCUT2D eigenvalue weighted by Crippen LogP contribution is -2.54. The minimum atomic E-state index is -2.11. The molecule has 1 fully saturated rings. The normalized spacial score (nSPS) is 19.6. The van der Waals surface area contributed by atoms with Gasteiger partial charge < -0.3 is 13.6 Å². The van der Waals surface area contributed by atoms with Crippen molar-refractivity contribution in [3.8, 4) is 18.4 Å². The third kappa shape index (κ3) is 7.30. The summed E-state index contributed by atoms with van der Waals surface area (Å²) in [6.07, 6.45) is 8.73. The van der Waals surface area contributed by atoms with Crippen molar-refractivity contribution in [3.63, 3.8) is 0 Å². The quantitative estimate of drug-likeness (QED) is 0.195. The molecule has 176 valence electrons. The number of terminal acetylenes is 1. The van der Waals surface area contributed by atoms with E-state index < -0.39 is 22.7 Å². The minimum absolute atomic E-state index is 0.0404. The van der Waals surface area contributed by atoms with E-state index in [0.29, 0.717) is 13.0 Å². The molecule has 6 heteroatoms. The number of rotatable bonds is 11. The highest BCUT2D eigenvalue weighted by Gasteiger charge is 2.48. The van der Waals surface area contributed by atoms with E-state index in [4.69, 9.17) is 20.0 Å². The number of nitriles is 1. The summed E-state index contributed by atoms with van der Waals surface area (Å²) in [5, 5.41) is 9.65. The molecule has 4 nitrogen and oxygen atoms in total. The molecule has 0 amide bonds. The van der Waals surface area contributed by atoms with E-state index in [9.17, 15) is 5.26 Å². The highest BCUT2D eigenvalue weighted by molar-refractivity contribution is 6.74. The molecule has 0 aliphatic heterocycles. The Labute approximate surface area is 194 Å². The van der Waals surface area contributed by atoms with Gasteiger partial charge in [0.25, 0.3) is 0 Å². The molecule has 1 saturated carbocycles. The van der Waals surface area contributed by atoms with Gasteiger partial charge in [-0.25, -0.2) is 0 Å². The maximum atomic E-state index is 9.56. The molecule has 0 spiro atoms. The summed E-state index contributed by atoms with van der Waals surface area (Å²) >= 11 is 0. The zero-order chi connectivity index (χ0) is 24.3. The Hall–Kier alpha value is -0.896. The molecule has 3 atom stereocenters. The minimum Gasteiger partial charge on any atom is -0.410 e. The summed E-state index contributed by atoms with van der Waals surface area (Å²) in [7, 11) is -4.20. The molecule has 0 heterocycles. The van der Waals surface area contributed by atoms with Crippen LogP contribution < -0.4 is 0 Å². The monoisotopic (exact) mass is 463 g/mol. The Morgan fingerprint density at radius 2 is 1.52 bits per heavy atom. The topological polar surface area (TPSA) is 51.5 Å². The van der Waals surface area contributed by atoms with Crippen molar-refractivity contribution in [2.45, 2.75) is 115 Å². The van der Waals surface area contributed by atoms with Crippen molar-refractivity contribution in [2.24, 2.45) is 5.41 Å². The molecule has 0 unspecified atom stereocenters. The molecule has 0 aromatic heterocycles. The van der Waals surface area contributed by atoms with Crippen LogP contribution in [0.15, 0.2) is 12.7 Å². The van der Waals surface area contributed by atoms with Gasteiger partial charge in [0.2, 0.25) is 0 Å². The molecular weight excluding hydrogens is 418 g/mol. The van der Waals surface area contributed by atoms with Crippen molar-refractivity contribution < 1.29 is 13.6 Å². The predicted molar refractivity (Wildman–Crippen MR) is 135 cm³/mol. The fourth-order valence-electron chi connectivity index (χ4n) is 2.77. The second-order valence-electron chi connectivity index (χ2n) is 12.1. The van der Waals surface area contributed by atoms with Crippen molar-refractivity contribution in [1.29, 1.82) is 5.26 Å². The Morgan fingerprint density at radius 1 is 1.03 bits per heavy atom. The van der Waals surface area contributed by atoms with Crippen molar-refractivity contribution in [2.75, 3.05) is 6.61 Å². The van der Waals surface area contributed by atoms with E-state index in [1.807, 2.05) is 6.08 Å². The van der Waals surface area contributed by atoms with Crippen LogP contribution in [0.3, 0.4) is 0 Å². The lowest BCUT2D eigenvalue weighted by Gasteiger charge is -2.45. The zero-order valence-electron chi connectivity index (χ0n) is 21.6. The van der Waals surface area contributed by atoms with Crippen molar-refractivity contribution >= 4 is 16.6 Å². The first kappa shape index (κ1) is 28.1. The average molecular weight is 464 g/mol. The number of nitrogens with zero attached hydrogens (tertiary/aromatic N) is 1. The highest BCUT2D eigenvalue weighted by atomic mass is 28.4. The Balaban J connectivity index is 3.29. The van der Waals surface area contributed by atoms with E-state index >= 15 is 0 Å². The highest BCUT2D eigenvalue weighted by Crippen LogP contribution is 2.46. The Bertz CT molecular complexity index is 700. The predicted octanol–water partition coefficient (Wildman–Crippen LogP) is 6.67. The number of ether oxygens (including phenoxy) is 1. The number of hydrogen-bond acceptors (Lipinski definition) is 4. The van der Waals surface area contributed by atoms with Crippen LogP contribution in [0.1, 0.15) is 60.8 Å². The molecule has 0 saturated heterocycles. The van der Waals surface area contributed by atoms with Crippen LogP contribution in [-0.2, 0) is 13.6 Å². The van der Waals surface area contributed by atoms with E-state index in [0.717, 1.165) is 12.8 Å². The van der Waals surface area contributed by atoms with E-state index in [2.05, 4.69) is 86.3 Å². The summed E-state index contributed by atoms with van der Waals surface area (Å²) < 4.78 is 20.0. The van der Waals surface area contributed by atoms with E-state index in [-0.39, 0.29) is 27.7 Å². The smallest absolute Gasteiger partial charge is 0.193 e. The average Bonchev–Trinajstić information content (AvgIpc) is 3.39. The number of hydrogen-bond donors (Lipinski definition) is 0. The first-order valence-corrected chi connectivity index (χ1v) is 17.2. The molecule has 0 bridgehead atoms. The van der Waals surface area contributed by atoms with Gasteiger partial charge in [0.15, 0.2) is 16.6 Å². The fourth-order valence-corrected chi connectivity index (χ4v) is 5.36. The lowest BCUT2D eigenvalue weighted by atomic mass is 10.0. The maximum Gasteiger partial charge on any atom is 0.193 e. The molecule has 0 radical (unpaired) electrons. The third-order valence-electron chi connectivity index (χ3n) is 7.37. The summed E-state index contributed by atoms with van der Waals surface area (Å²) in [6.45, 7) is 26.7. The van der Waals surface area contributed by atoms with Gasteiger partial charge >= 0.3 is 0 Å². The van der Waals surface area contributed by atoms with E-state index in [1.165, 1.54) is 0 Å². The Kier molecular flexibility index (Phi) is 9.02. The van der Waals surface area contributed by atoms with Crippen molar-refractivity contribution in [1.82, 2.24) is 0 Å². The van der Waals surface area contributed by atoms with Crippen LogP contribution in [0, 0.1) is 29.1 Å². The van der Waals surface area contributed by atoms with Gasteiger partial charge in [-0.2, -0.15) is 5.26 Å². The Morgan fingerprint density at radius 3 is 1.87 bits per heavy atom. The van der Waals surface area contributed by atoms with Gasteiger partial charge in [-0.15, -0.1) is 18.9 Å². The van der Waals surface area contributed by atoms with Crippen LogP contribution in [0.4, 0.5) is 0 Å². The zero-order valence-corrected chi connectivity index (χ0v) is 23.6. The van der Waals surface area contributed by atoms with Crippen LogP contribution in [0.25, 0.3) is 0 Å². The van der Waals surface area contributed by atoms with Crippen molar-refractivity contribution in [3.05, 3.63) is 12.7 Å².